The summed E-state index contributed by atoms with van der Waals surface area (Å²) in [6.45, 7) is 0.895. The molecule has 1 fully saturated rings. The second-order valence-corrected chi connectivity index (χ2v) is 7.13. The maximum Gasteiger partial charge on any atom is 0.168 e. The molecule has 1 saturated heterocycles. The van der Waals surface area contributed by atoms with Crippen LogP contribution < -0.4 is 10.6 Å². The van der Waals surface area contributed by atoms with Gasteiger partial charge in [-0.3, -0.25) is 4.40 Å². The van der Waals surface area contributed by atoms with Crippen molar-refractivity contribution in [2.75, 3.05) is 18.4 Å². The lowest BCUT2D eigenvalue weighted by atomic mass is 10.1. The Bertz CT molecular complexity index is 1190. The van der Waals surface area contributed by atoms with E-state index in [-0.39, 0.29) is 11.5 Å². The molecule has 0 spiro atoms. The Morgan fingerprint density at radius 3 is 2.87 bits per heavy atom. The van der Waals surface area contributed by atoms with Crippen molar-refractivity contribution >= 4 is 11.5 Å². The van der Waals surface area contributed by atoms with Crippen LogP contribution in [-0.2, 0) is 0 Å². The zero-order valence-corrected chi connectivity index (χ0v) is 15.7. The third kappa shape index (κ3) is 3.28. The number of pyridine rings is 2. The molecule has 7 nitrogen and oxygen atoms in total. The van der Waals surface area contributed by atoms with Crippen LogP contribution in [0.5, 0.6) is 0 Å². The summed E-state index contributed by atoms with van der Waals surface area (Å²) in [6, 6.07) is 3.71. The number of nitrogens with zero attached hydrogens (tertiary/aromatic N) is 4. The van der Waals surface area contributed by atoms with Gasteiger partial charge in [-0.1, -0.05) is 0 Å². The molecule has 2 atom stereocenters. The molecule has 30 heavy (non-hydrogen) atoms. The van der Waals surface area contributed by atoms with Gasteiger partial charge < -0.3 is 15.6 Å². The van der Waals surface area contributed by atoms with E-state index in [1.54, 1.807) is 35.1 Å². The van der Waals surface area contributed by atoms with Crippen molar-refractivity contribution in [2.24, 2.45) is 0 Å². The third-order valence-electron chi connectivity index (χ3n) is 5.18. The van der Waals surface area contributed by atoms with Crippen LogP contribution in [0.25, 0.3) is 28.4 Å². The molecule has 5 heterocycles. The number of hydrogen-bond acceptors (Lipinski definition) is 5. The van der Waals surface area contributed by atoms with Crippen LogP contribution in [0.3, 0.4) is 0 Å². The van der Waals surface area contributed by atoms with Gasteiger partial charge >= 0.3 is 0 Å². The van der Waals surface area contributed by atoms with Gasteiger partial charge in [-0.25, -0.2) is 28.1 Å². The average molecular weight is 413 g/mol. The minimum absolute atomic E-state index is 0.0728. The molecule has 0 aromatic carbocycles. The van der Waals surface area contributed by atoms with E-state index in [0.29, 0.717) is 36.7 Å². The predicted molar refractivity (Wildman–Crippen MR) is 106 cm³/mol. The Labute approximate surface area is 169 Å². The number of aromatic amines is 1. The standard InChI is InChI=1S/C20H18F3N7/c21-12-1-3-24-9-15(12)28-20-14(23)8-13(22)18(29-20)16-10-27-17-7-11(2-6-30(16)17)19-25-4-5-26-19/h2,4-8,10,12,15,24H,1,3,9H2,(H,25,26)(H,28,29). The van der Waals surface area contributed by atoms with Gasteiger partial charge in [0.1, 0.15) is 23.3 Å². The van der Waals surface area contributed by atoms with Crippen LogP contribution in [0, 0.1) is 11.6 Å². The molecule has 0 saturated carbocycles. The molecule has 2 unspecified atom stereocenters. The topological polar surface area (TPSA) is 82.9 Å². The number of fused-ring (bicyclic) bond motifs is 1. The summed E-state index contributed by atoms with van der Waals surface area (Å²) in [4.78, 5) is 15.7. The highest BCUT2D eigenvalue weighted by atomic mass is 19.1. The van der Waals surface area contributed by atoms with Gasteiger partial charge in [-0.15, -0.1) is 0 Å². The van der Waals surface area contributed by atoms with Gasteiger partial charge in [-0.05, 0) is 25.1 Å². The summed E-state index contributed by atoms with van der Waals surface area (Å²) >= 11 is 0. The Kier molecular flexibility index (Phi) is 4.62. The molecule has 5 rings (SSSR count). The van der Waals surface area contributed by atoms with Crippen LogP contribution in [-0.4, -0.2) is 49.6 Å². The summed E-state index contributed by atoms with van der Waals surface area (Å²) in [5.41, 5.74) is 1.66. The number of imidazole rings is 2. The Hall–Kier alpha value is -3.40. The number of nitrogens with one attached hydrogen (secondary N) is 3. The molecule has 0 radical (unpaired) electrons. The van der Waals surface area contributed by atoms with Crippen LogP contribution in [0.2, 0.25) is 0 Å². The lowest BCUT2D eigenvalue weighted by Gasteiger charge is -2.28. The van der Waals surface area contributed by atoms with Crippen LogP contribution in [0.4, 0.5) is 19.0 Å². The van der Waals surface area contributed by atoms with Gasteiger partial charge in [0.25, 0.3) is 0 Å². The van der Waals surface area contributed by atoms with Crippen molar-refractivity contribution in [3.8, 4) is 22.8 Å². The Morgan fingerprint density at radius 1 is 1.17 bits per heavy atom. The van der Waals surface area contributed by atoms with E-state index in [4.69, 9.17) is 0 Å². The van der Waals surface area contributed by atoms with Crippen LogP contribution >= 0.6 is 0 Å². The third-order valence-corrected chi connectivity index (χ3v) is 5.18. The normalized spacial score (nSPS) is 19.3. The van der Waals surface area contributed by atoms with Gasteiger partial charge in [0, 0.05) is 36.8 Å². The molecule has 0 bridgehead atoms. The first kappa shape index (κ1) is 18.6. The van der Waals surface area contributed by atoms with E-state index in [1.807, 2.05) is 0 Å². The van der Waals surface area contributed by atoms with Gasteiger partial charge in [0.2, 0.25) is 0 Å². The largest absolute Gasteiger partial charge is 0.361 e. The number of H-pyrrole nitrogens is 1. The molecule has 0 aliphatic carbocycles. The monoisotopic (exact) mass is 413 g/mol. The maximum absolute atomic E-state index is 14.6. The SMILES string of the molecule is Fc1cc(F)c(-c2cnc3cc(-c4ncc[nH]4)ccn23)nc1NC1CNCCC1F. The molecule has 154 valence electrons. The van der Waals surface area contributed by atoms with Crippen LogP contribution in [0.15, 0.2) is 43.0 Å². The molecular weight excluding hydrogens is 395 g/mol. The highest BCUT2D eigenvalue weighted by molar-refractivity contribution is 5.67. The van der Waals surface area contributed by atoms with E-state index in [9.17, 15) is 13.2 Å². The molecule has 3 N–H and O–H groups in total. The Morgan fingerprint density at radius 2 is 2.07 bits per heavy atom. The minimum atomic E-state index is -1.14. The number of anilines is 1. The number of aromatic nitrogens is 5. The molecule has 4 aromatic rings. The van der Waals surface area contributed by atoms with E-state index in [2.05, 4.69) is 30.6 Å². The van der Waals surface area contributed by atoms with E-state index < -0.39 is 23.8 Å². The summed E-state index contributed by atoms with van der Waals surface area (Å²) in [7, 11) is 0. The van der Waals surface area contributed by atoms with Crippen molar-refractivity contribution < 1.29 is 13.2 Å². The number of halogens is 3. The molecule has 10 heteroatoms. The number of hydrogen-bond donors (Lipinski definition) is 3. The second-order valence-electron chi connectivity index (χ2n) is 7.13. The van der Waals surface area contributed by atoms with Gasteiger partial charge in [0.05, 0.1) is 17.9 Å². The van der Waals surface area contributed by atoms with Crippen molar-refractivity contribution in [1.29, 1.82) is 0 Å². The second kappa shape index (κ2) is 7.45. The number of rotatable bonds is 4. The summed E-state index contributed by atoms with van der Waals surface area (Å²) < 4.78 is 44.7. The first-order valence-corrected chi connectivity index (χ1v) is 9.55. The Balaban J connectivity index is 1.52. The van der Waals surface area contributed by atoms with Gasteiger partial charge in [-0.2, -0.15) is 0 Å². The lowest BCUT2D eigenvalue weighted by molar-refractivity contribution is 0.240. The molecular formula is C20H18F3N7. The zero-order chi connectivity index (χ0) is 20.7. The fourth-order valence-electron chi connectivity index (χ4n) is 3.62. The lowest BCUT2D eigenvalue weighted by Crippen LogP contribution is -2.46. The molecule has 4 aromatic heterocycles. The fraction of sp³-hybridized carbons (Fsp3) is 0.250. The smallest absolute Gasteiger partial charge is 0.168 e. The summed E-state index contributed by atoms with van der Waals surface area (Å²) in [6.07, 6.45) is 5.72. The molecule has 1 aliphatic heterocycles. The highest BCUT2D eigenvalue weighted by Gasteiger charge is 2.26. The highest BCUT2D eigenvalue weighted by Crippen LogP contribution is 2.28. The molecule has 1 aliphatic rings. The zero-order valence-electron chi connectivity index (χ0n) is 15.7. The minimum Gasteiger partial charge on any atom is -0.361 e. The summed E-state index contributed by atoms with van der Waals surface area (Å²) in [5, 5.41) is 5.82. The maximum atomic E-state index is 14.6. The first-order valence-electron chi connectivity index (χ1n) is 9.55. The van der Waals surface area contributed by atoms with Crippen LogP contribution in [0.1, 0.15) is 6.42 Å². The van der Waals surface area contributed by atoms with Gasteiger partial charge in [0.15, 0.2) is 17.5 Å². The number of piperidine rings is 1. The number of alkyl halides is 1. The van der Waals surface area contributed by atoms with E-state index in [1.165, 1.54) is 6.20 Å². The quantitative estimate of drug-likeness (QED) is 0.479. The average Bonchev–Trinajstić information content (AvgIpc) is 3.41. The van der Waals surface area contributed by atoms with E-state index in [0.717, 1.165) is 11.6 Å². The van der Waals surface area contributed by atoms with Crippen molar-refractivity contribution in [3.63, 3.8) is 0 Å². The van der Waals surface area contributed by atoms with Crippen molar-refractivity contribution in [2.45, 2.75) is 18.6 Å². The van der Waals surface area contributed by atoms with Crippen molar-refractivity contribution in [3.05, 3.63) is 54.6 Å². The summed E-state index contributed by atoms with van der Waals surface area (Å²) in [5.74, 6) is -1.21. The first-order chi connectivity index (χ1) is 14.6. The predicted octanol–water partition coefficient (Wildman–Crippen LogP) is 3.18. The molecule has 0 amide bonds. The van der Waals surface area contributed by atoms with Crippen molar-refractivity contribution in [1.82, 2.24) is 29.7 Å². The van der Waals surface area contributed by atoms with E-state index >= 15 is 0 Å². The fourth-order valence-corrected chi connectivity index (χ4v) is 3.62.